The van der Waals surface area contributed by atoms with Crippen LogP contribution in [-0.4, -0.2) is 22.3 Å². The van der Waals surface area contributed by atoms with E-state index in [4.69, 9.17) is 11.0 Å². The maximum atomic E-state index is 11.3. The highest BCUT2D eigenvalue weighted by atomic mass is 32.2. The molecule has 0 aliphatic heterocycles. The molecule has 4 heteroatoms. The Kier molecular flexibility index (Phi) is 6.77. The van der Waals surface area contributed by atoms with Crippen LogP contribution in [-0.2, 0) is 10.8 Å². The van der Waals surface area contributed by atoms with Crippen molar-refractivity contribution in [2.75, 3.05) is 18.1 Å². The summed E-state index contributed by atoms with van der Waals surface area (Å²) in [6.45, 7) is 4.43. The highest BCUT2D eigenvalue weighted by molar-refractivity contribution is 7.84. The first-order chi connectivity index (χ1) is 6.52. The molecule has 0 heterocycles. The normalized spacial score (nSPS) is 13.6. The molecule has 0 bridgehead atoms. The van der Waals surface area contributed by atoms with Crippen LogP contribution in [0.25, 0.3) is 0 Å². The van der Waals surface area contributed by atoms with Crippen molar-refractivity contribution in [3.63, 3.8) is 0 Å². The average molecular weight is 216 g/mol. The first-order valence-corrected chi connectivity index (χ1v) is 6.47. The highest BCUT2D eigenvalue weighted by Gasteiger charge is 2.16. The molecule has 14 heavy (non-hydrogen) atoms. The standard InChI is InChI=1S/C10H20N2OS/c1-10(2,9-12)5-3-7-14(13)8-4-6-11/h3-8,11H2,1-2H3. The monoisotopic (exact) mass is 216 g/mol. The maximum absolute atomic E-state index is 11.3. The zero-order valence-electron chi connectivity index (χ0n) is 9.08. The molecule has 0 amide bonds. The van der Waals surface area contributed by atoms with Crippen LogP contribution in [0.15, 0.2) is 0 Å². The summed E-state index contributed by atoms with van der Waals surface area (Å²) in [5, 5.41) is 8.76. The largest absolute Gasteiger partial charge is 0.330 e. The van der Waals surface area contributed by atoms with E-state index in [1.807, 2.05) is 13.8 Å². The number of hydrogen-bond donors (Lipinski definition) is 1. The predicted octanol–water partition coefficient (Wildman–Crippen LogP) is 1.41. The number of nitrogens with zero attached hydrogens (tertiary/aromatic N) is 1. The van der Waals surface area contributed by atoms with Crippen molar-refractivity contribution < 1.29 is 4.21 Å². The summed E-state index contributed by atoms with van der Waals surface area (Å²) in [6.07, 6.45) is 2.50. The second-order valence-corrected chi connectivity index (χ2v) is 5.79. The fourth-order valence-corrected chi connectivity index (χ4v) is 2.24. The Morgan fingerprint density at radius 2 is 1.93 bits per heavy atom. The van der Waals surface area contributed by atoms with Crippen LogP contribution < -0.4 is 5.73 Å². The zero-order chi connectivity index (χ0) is 11.0. The van der Waals surface area contributed by atoms with Crippen LogP contribution in [0.5, 0.6) is 0 Å². The smallest absolute Gasteiger partial charge is 0.0683 e. The van der Waals surface area contributed by atoms with Gasteiger partial charge in [-0.2, -0.15) is 5.26 Å². The molecular weight excluding hydrogens is 196 g/mol. The number of hydrogen-bond acceptors (Lipinski definition) is 3. The summed E-state index contributed by atoms with van der Waals surface area (Å²) >= 11 is 0. The van der Waals surface area contributed by atoms with Gasteiger partial charge in [-0.3, -0.25) is 4.21 Å². The topological polar surface area (TPSA) is 66.9 Å². The van der Waals surface area contributed by atoms with Crippen molar-refractivity contribution in [1.29, 1.82) is 5.26 Å². The molecule has 2 N–H and O–H groups in total. The van der Waals surface area contributed by atoms with Crippen LogP contribution in [0.1, 0.15) is 33.1 Å². The predicted molar refractivity (Wildman–Crippen MR) is 60.2 cm³/mol. The van der Waals surface area contributed by atoms with Crippen LogP contribution in [0.4, 0.5) is 0 Å². The van der Waals surface area contributed by atoms with Gasteiger partial charge in [-0.15, -0.1) is 0 Å². The summed E-state index contributed by atoms with van der Waals surface area (Å²) in [6, 6.07) is 2.24. The Bertz CT molecular complexity index is 221. The van der Waals surface area contributed by atoms with E-state index in [9.17, 15) is 4.21 Å². The third-order valence-electron chi connectivity index (χ3n) is 2.05. The van der Waals surface area contributed by atoms with Gasteiger partial charge in [0.15, 0.2) is 0 Å². The maximum Gasteiger partial charge on any atom is 0.0683 e. The Morgan fingerprint density at radius 1 is 1.36 bits per heavy atom. The van der Waals surface area contributed by atoms with Crippen molar-refractivity contribution in [3.8, 4) is 6.07 Å². The van der Waals surface area contributed by atoms with E-state index in [1.165, 1.54) is 0 Å². The minimum absolute atomic E-state index is 0.280. The molecule has 82 valence electrons. The fraction of sp³-hybridized carbons (Fsp3) is 0.900. The molecule has 0 aliphatic carbocycles. The second-order valence-electron chi connectivity index (χ2n) is 4.09. The molecule has 0 aromatic heterocycles. The van der Waals surface area contributed by atoms with E-state index in [-0.39, 0.29) is 5.41 Å². The van der Waals surface area contributed by atoms with Gasteiger partial charge in [0.25, 0.3) is 0 Å². The van der Waals surface area contributed by atoms with E-state index in [1.54, 1.807) is 0 Å². The Morgan fingerprint density at radius 3 is 2.43 bits per heavy atom. The first kappa shape index (κ1) is 13.6. The van der Waals surface area contributed by atoms with Gasteiger partial charge in [-0.1, -0.05) is 0 Å². The van der Waals surface area contributed by atoms with Gasteiger partial charge in [0, 0.05) is 22.3 Å². The molecule has 1 atom stereocenters. The van der Waals surface area contributed by atoms with Crippen LogP contribution >= 0.6 is 0 Å². The van der Waals surface area contributed by atoms with Gasteiger partial charge in [0.2, 0.25) is 0 Å². The molecule has 3 nitrogen and oxygen atoms in total. The van der Waals surface area contributed by atoms with Crippen molar-refractivity contribution >= 4 is 10.8 Å². The number of nitrogens with two attached hydrogens (primary N) is 1. The number of nitriles is 1. The molecule has 0 aromatic rings. The number of rotatable bonds is 7. The summed E-state index contributed by atoms with van der Waals surface area (Å²) < 4.78 is 11.3. The molecule has 0 fully saturated rings. The van der Waals surface area contributed by atoms with E-state index in [2.05, 4.69) is 6.07 Å². The molecule has 0 radical (unpaired) electrons. The third kappa shape index (κ3) is 7.05. The lowest BCUT2D eigenvalue weighted by molar-refractivity contribution is 0.447. The van der Waals surface area contributed by atoms with Crippen molar-refractivity contribution in [2.24, 2.45) is 11.1 Å². The summed E-state index contributed by atoms with van der Waals surface area (Å²) in [4.78, 5) is 0. The van der Waals surface area contributed by atoms with Gasteiger partial charge >= 0.3 is 0 Å². The molecule has 0 aromatic carbocycles. The zero-order valence-corrected chi connectivity index (χ0v) is 9.90. The Labute approximate surface area is 89.1 Å². The Balaban J connectivity index is 3.55. The minimum Gasteiger partial charge on any atom is -0.330 e. The average Bonchev–Trinajstić information content (AvgIpc) is 2.14. The quantitative estimate of drug-likeness (QED) is 0.699. The lowest BCUT2D eigenvalue weighted by atomic mass is 9.90. The van der Waals surface area contributed by atoms with E-state index >= 15 is 0 Å². The minimum atomic E-state index is -0.746. The van der Waals surface area contributed by atoms with Crippen molar-refractivity contribution in [1.82, 2.24) is 0 Å². The van der Waals surface area contributed by atoms with Gasteiger partial charge in [0.05, 0.1) is 11.5 Å². The van der Waals surface area contributed by atoms with Crippen molar-refractivity contribution in [2.45, 2.75) is 33.1 Å². The van der Waals surface area contributed by atoms with Gasteiger partial charge < -0.3 is 5.73 Å². The summed E-state index contributed by atoms with van der Waals surface area (Å²) in [7, 11) is -0.746. The van der Waals surface area contributed by atoms with Crippen LogP contribution in [0.2, 0.25) is 0 Å². The van der Waals surface area contributed by atoms with E-state index < -0.39 is 10.8 Å². The van der Waals surface area contributed by atoms with E-state index in [0.717, 1.165) is 19.3 Å². The molecule has 1 unspecified atom stereocenters. The van der Waals surface area contributed by atoms with Crippen LogP contribution in [0.3, 0.4) is 0 Å². The fourth-order valence-electron chi connectivity index (χ4n) is 1.08. The molecule has 0 saturated heterocycles. The van der Waals surface area contributed by atoms with E-state index in [0.29, 0.717) is 18.1 Å². The molecule has 0 spiro atoms. The summed E-state index contributed by atoms with van der Waals surface area (Å²) in [5.41, 5.74) is 5.04. The second kappa shape index (κ2) is 6.97. The molecule has 0 saturated carbocycles. The van der Waals surface area contributed by atoms with Gasteiger partial charge in [0.1, 0.15) is 0 Å². The van der Waals surface area contributed by atoms with Crippen molar-refractivity contribution in [3.05, 3.63) is 0 Å². The molecule has 0 rings (SSSR count). The highest BCUT2D eigenvalue weighted by Crippen LogP contribution is 2.20. The van der Waals surface area contributed by atoms with Gasteiger partial charge in [-0.05, 0) is 39.7 Å². The Hall–Kier alpha value is -0.400. The van der Waals surface area contributed by atoms with Gasteiger partial charge in [-0.25, -0.2) is 0 Å². The first-order valence-electron chi connectivity index (χ1n) is 4.98. The summed E-state index contributed by atoms with van der Waals surface area (Å²) in [5.74, 6) is 1.40. The molecule has 0 aliphatic rings. The lowest BCUT2D eigenvalue weighted by Gasteiger charge is -2.13. The van der Waals surface area contributed by atoms with Crippen LogP contribution in [0, 0.1) is 16.7 Å². The lowest BCUT2D eigenvalue weighted by Crippen LogP contribution is -2.12. The molecular formula is C10H20N2OS. The SMILES string of the molecule is CC(C)(C#N)CCCS(=O)CCCN. The third-order valence-corrected chi connectivity index (χ3v) is 3.54.